The number of pyridine rings is 5. The van der Waals surface area contributed by atoms with Crippen molar-refractivity contribution < 1.29 is 199 Å². The Balaban J connectivity index is 0.00000139. The fourth-order valence-corrected chi connectivity index (χ4v) is 9.15. The second kappa shape index (κ2) is 55.7. The van der Waals surface area contributed by atoms with Gasteiger partial charge in [-0.25, -0.2) is 17.6 Å². The number of benzene rings is 4. The first kappa shape index (κ1) is 114. The zero-order chi connectivity index (χ0) is 89.1. The van der Waals surface area contributed by atoms with Crippen LogP contribution in [0.5, 0.6) is 0 Å². The number of hydrogen-bond acceptors (Lipinski definition) is 20. The Morgan fingerprint density at radius 2 is 0.632 bits per heavy atom. The molecule has 0 aliphatic heterocycles. The van der Waals surface area contributed by atoms with Gasteiger partial charge in [0.2, 0.25) is 0 Å². The molecule has 10 aromatic heterocycles. The molecule has 0 aliphatic rings. The zero-order valence-electron chi connectivity index (χ0n) is 67.6. The predicted molar refractivity (Wildman–Crippen MR) is 428 cm³/mol. The third kappa shape index (κ3) is 39.1. The molecule has 10 heterocycles. The first-order valence-electron chi connectivity index (χ1n) is 35.1. The summed E-state index contributed by atoms with van der Waals surface area (Å²) >= 11 is 0. The molecule has 125 heavy (non-hydrogen) atoms. The van der Waals surface area contributed by atoms with Crippen LogP contribution in [0.15, 0.2) is 247 Å². The molecule has 0 unspecified atom stereocenters. The van der Waals surface area contributed by atoms with Gasteiger partial charge in [0, 0.05) is 189 Å². The van der Waals surface area contributed by atoms with Crippen LogP contribution in [0.25, 0.3) is 102 Å². The van der Waals surface area contributed by atoms with Gasteiger partial charge in [-0.2, -0.15) is 26.3 Å². The molecule has 5 N–H and O–H groups in total. The number of allylic oxidation sites excluding steroid dienone is 10. The van der Waals surface area contributed by atoms with Crippen LogP contribution in [0, 0.1) is 30.2 Å². The largest absolute Gasteiger partial charge is 0.512 e. The van der Waals surface area contributed by atoms with Crippen LogP contribution in [0.3, 0.4) is 0 Å². The number of carbonyl (C=O) groups is 5. The summed E-state index contributed by atoms with van der Waals surface area (Å²) in [7, 11) is 0. The molecule has 0 bridgehead atoms. The minimum Gasteiger partial charge on any atom is -0.512 e. The summed E-state index contributed by atoms with van der Waals surface area (Å²) in [5.41, 5.74) is 4.22. The van der Waals surface area contributed by atoms with Gasteiger partial charge in [0.15, 0.2) is 52.2 Å². The number of fused-ring (bicyclic) bond motifs is 4. The molecule has 0 radical (unpaired) electrons. The summed E-state index contributed by atoms with van der Waals surface area (Å²) in [6.45, 7) is 17.9. The molecular weight excluding hydrogens is 2560 g/mol. The molecule has 0 saturated carbocycles. The summed E-state index contributed by atoms with van der Waals surface area (Å²) < 4.78 is 128. The van der Waals surface area contributed by atoms with Crippen molar-refractivity contribution in [3.05, 3.63) is 288 Å². The van der Waals surface area contributed by atoms with Crippen LogP contribution < -0.4 is 24.9 Å². The third-order valence-electron chi connectivity index (χ3n) is 14.3. The second-order valence-corrected chi connectivity index (χ2v) is 24.8. The van der Waals surface area contributed by atoms with Crippen molar-refractivity contribution in [2.45, 2.75) is 95.4 Å². The number of aliphatic hydroxyl groups is 5. The number of rotatable bonds is 10. The number of aliphatic hydroxyl groups excluding tert-OH is 5. The van der Waals surface area contributed by atoms with Crippen LogP contribution in [0.2, 0.25) is 0 Å². The Kier molecular flexibility index (Phi) is 50.6. The summed E-state index contributed by atoms with van der Waals surface area (Å²) in [5.74, 6) is -5.89. The Morgan fingerprint density at radius 1 is 0.336 bits per heavy atom. The van der Waals surface area contributed by atoms with E-state index in [-0.39, 0.29) is 180 Å². The molecule has 0 atom stereocenters. The van der Waals surface area contributed by atoms with Crippen LogP contribution in [0.1, 0.15) is 93.1 Å². The maximum atomic E-state index is 13.5. The minimum atomic E-state index is -5.23. The molecule has 14 aromatic rings. The van der Waals surface area contributed by atoms with E-state index in [4.69, 9.17) is 25.5 Å². The molecule has 0 amide bonds. The number of para-hydroxylation sites is 6. The van der Waals surface area contributed by atoms with Gasteiger partial charge in [0.05, 0.1) is 57.3 Å². The van der Waals surface area contributed by atoms with Gasteiger partial charge in [0.25, 0.3) is 0 Å². The van der Waals surface area contributed by atoms with E-state index >= 15 is 0 Å². The predicted octanol–water partition coefficient (Wildman–Crippen LogP) is 18.6. The fraction of sp³-hybridized carbons (Fsp3) is 0.165. The number of aromatic nitrogens is 15. The average molecular weight is 2630 g/mol. The van der Waals surface area contributed by atoms with Crippen LogP contribution in [-0.2, 0) is 142 Å². The number of aryl methyl sites for hydroxylation is 1. The Labute approximate surface area is 780 Å². The van der Waals surface area contributed by atoms with Crippen LogP contribution in [-0.4, -0.2) is 104 Å². The summed E-state index contributed by atoms with van der Waals surface area (Å²) in [6.07, 6.45) is 2.13. The number of alkyl halides is 6. The van der Waals surface area contributed by atoms with Crippen LogP contribution >= 0.6 is 0 Å². The van der Waals surface area contributed by atoms with Crippen molar-refractivity contribution in [3.63, 3.8) is 0 Å². The van der Waals surface area contributed by atoms with E-state index < -0.39 is 63.9 Å². The molecule has 0 fully saturated rings. The number of ketones is 5. The van der Waals surface area contributed by atoms with Gasteiger partial charge < -0.3 is 75.4 Å². The van der Waals surface area contributed by atoms with E-state index in [0.717, 1.165) is 50.2 Å². The van der Waals surface area contributed by atoms with E-state index in [1.54, 1.807) is 37.6 Å². The van der Waals surface area contributed by atoms with Gasteiger partial charge in [-0.15, -0.1) is 0 Å². The SMILES string of the molecule is CC(=O)C(C)=C(C)O.CC(=O)C=C(C)O.CC(=O)C=C(C)O.CC(=O)C=C(C)O.CC(=O)C=C(C)O.Cc1ccnc(-c2nc3ccccc3[n-]2)c1.FC(F)(F)c1nc(-c2ccccn2)[n-]c1C(F)(F)F.Fc1c(F)c(F)c2[n-]c(-c3ccccn3)nc2c1F.[Pt].[Pt].[Pt].[Pt].[Pt].c1ccc(-c2nc3ccccc3[n-]2)nc1.c1ccc(-c2nc3ccccc3[n-]2)nc1. The molecule has 25 nitrogen and oxygen atoms in total. The van der Waals surface area contributed by atoms with Crippen molar-refractivity contribution in [1.82, 2.24) is 74.8 Å². The van der Waals surface area contributed by atoms with E-state index in [0.29, 0.717) is 23.0 Å². The Hall–Kier alpha value is -11.5. The molecule has 676 valence electrons. The number of halogens is 10. The summed E-state index contributed by atoms with van der Waals surface area (Å²) in [4.78, 5) is 110. The number of nitrogens with zero attached hydrogens (tertiary/aromatic N) is 15. The van der Waals surface area contributed by atoms with Gasteiger partial charge in [-0.3, -0.25) is 48.9 Å². The Morgan fingerprint density at radius 3 is 0.880 bits per heavy atom. The van der Waals surface area contributed by atoms with Gasteiger partial charge >= 0.3 is 12.4 Å². The maximum absolute atomic E-state index is 13.5. The third-order valence-corrected chi connectivity index (χ3v) is 14.3. The van der Waals surface area contributed by atoms with E-state index in [1.807, 2.05) is 128 Å². The quantitative estimate of drug-likeness (QED) is 0.0279. The zero-order valence-corrected chi connectivity index (χ0v) is 78.9. The number of carbonyl (C=O) groups excluding carboxylic acids is 5. The van der Waals surface area contributed by atoms with Crippen molar-refractivity contribution in [2.75, 3.05) is 0 Å². The van der Waals surface area contributed by atoms with Crippen molar-refractivity contribution in [3.8, 4) is 57.6 Å². The molecule has 14 rings (SSSR count). The van der Waals surface area contributed by atoms with E-state index in [9.17, 15) is 67.9 Å². The molecule has 0 spiro atoms. The van der Waals surface area contributed by atoms with Crippen molar-refractivity contribution in [2.24, 2.45) is 0 Å². The van der Waals surface area contributed by atoms with Crippen molar-refractivity contribution >= 4 is 73.0 Å². The average Bonchev–Trinajstić information content (AvgIpc) is 1.63. The second-order valence-electron chi connectivity index (χ2n) is 24.8. The van der Waals surface area contributed by atoms with Gasteiger partial charge in [-0.05, 0) is 212 Å². The summed E-state index contributed by atoms with van der Waals surface area (Å²) in [6, 6.07) is 47.7. The minimum absolute atomic E-state index is 0. The fourth-order valence-electron chi connectivity index (χ4n) is 9.15. The Bertz CT molecular complexity index is 5540. The van der Waals surface area contributed by atoms with Crippen LogP contribution in [0.4, 0.5) is 43.9 Å². The topological polar surface area (TPSA) is 386 Å². The molecule has 40 heteroatoms. The normalized spacial score (nSPS) is 11.0. The maximum Gasteiger partial charge on any atom is 0.412 e. The molecular formula is C85H76F10N15O10Pt5-5. The molecule has 0 aliphatic carbocycles. The number of imidazole rings is 5. The monoisotopic (exact) mass is 2630 g/mol. The van der Waals surface area contributed by atoms with Gasteiger partial charge in [-0.1, -0.05) is 97.1 Å². The van der Waals surface area contributed by atoms with E-state index in [1.165, 1.54) is 136 Å². The molecule has 4 aromatic carbocycles. The van der Waals surface area contributed by atoms with Gasteiger partial charge in [0.1, 0.15) is 0 Å². The first-order chi connectivity index (χ1) is 56.5. The first-order valence-corrected chi connectivity index (χ1v) is 35.1. The molecule has 0 saturated heterocycles. The van der Waals surface area contributed by atoms with Crippen molar-refractivity contribution in [1.29, 1.82) is 0 Å². The number of hydrogen-bond donors (Lipinski definition) is 5. The smallest absolute Gasteiger partial charge is 0.412 e. The standard InChI is InChI=1S/C13H10N3.C12H4F4N3.2C12H8N3.C10H4F6N3.C6H10O2.4C5H8O2.5Pt/c1-9-6-7-14-12(8-9)13-15-10-4-2-3-5-11(10)16-13;13-6-7(14)9(16)11-10(8(6)15)18-12(19-11)5-3-1-2-4-17-5;2*1-2-6-10-9(5-1)14-12(15-10)11-7-3-4-8-13-11;11-9(12,13)6-7(10(14,15)16)19-8(18-6)5-3-1-2-4-17-5;1-4(5(2)7)6(3)8;4*1-4(6)3-5(2)7;;;;;/h2-8H,1H3;1-4H;2*1-8H;1-4H;7H,1-3H3;4*3,6H,1-2H3;;;;;/q5*-1;;;;;;;;;;. The summed E-state index contributed by atoms with van der Waals surface area (Å²) in [5, 5.41) is 42.1. The van der Waals surface area contributed by atoms with E-state index in [2.05, 4.69) is 74.8 Å². The number of Topliss-reactive ketones (excluding diaryl/α,β-unsaturated/α-hetero) is 1.